The molecular weight excluding hydrogens is 168 g/mol. The Bertz CT molecular complexity index is 256. The Hall–Kier alpha value is -1.45. The van der Waals surface area contributed by atoms with Crippen LogP contribution in [0.4, 0.5) is 4.79 Å². The van der Waals surface area contributed by atoms with E-state index in [0.717, 1.165) is 6.54 Å². The lowest BCUT2D eigenvalue weighted by Crippen LogP contribution is -2.24. The molecule has 4 heteroatoms. The fourth-order valence-electron chi connectivity index (χ4n) is 0.901. The van der Waals surface area contributed by atoms with Crippen LogP contribution in [-0.4, -0.2) is 43.6 Å². The van der Waals surface area contributed by atoms with Gasteiger partial charge in [-0.05, 0) is 6.08 Å². The second-order valence-corrected chi connectivity index (χ2v) is 3.14. The first kappa shape index (κ1) is 9.64. The fraction of sp³-hybridized carbons (Fsp3) is 0.444. The molecule has 1 heterocycles. The zero-order valence-electron chi connectivity index (χ0n) is 8.15. The lowest BCUT2D eigenvalue weighted by Gasteiger charge is -2.18. The number of likely N-dealkylation sites (N-methyl/N-ethyl adjacent to an activating group) is 1. The number of allylic oxidation sites excluding steroid dienone is 1. The lowest BCUT2D eigenvalue weighted by atomic mass is 10.3. The predicted molar refractivity (Wildman–Crippen MR) is 50.0 cm³/mol. The molecule has 4 nitrogen and oxygen atoms in total. The second-order valence-electron chi connectivity index (χ2n) is 3.14. The average molecular weight is 182 g/mol. The summed E-state index contributed by atoms with van der Waals surface area (Å²) in [5.41, 5.74) is 0. The largest absolute Gasteiger partial charge is 0.414 e. The van der Waals surface area contributed by atoms with Crippen molar-refractivity contribution in [3.05, 3.63) is 24.1 Å². The van der Waals surface area contributed by atoms with E-state index in [1.807, 2.05) is 18.0 Å². The molecule has 0 spiro atoms. The van der Waals surface area contributed by atoms with Crippen LogP contribution in [0, 0.1) is 0 Å². The highest BCUT2D eigenvalue weighted by molar-refractivity contribution is 5.68. The first-order valence-electron chi connectivity index (χ1n) is 4.07. The zero-order valence-corrected chi connectivity index (χ0v) is 8.15. The highest BCUT2D eigenvalue weighted by Crippen LogP contribution is 2.08. The summed E-state index contributed by atoms with van der Waals surface area (Å²) in [6, 6.07) is 0. The Morgan fingerprint density at radius 2 is 2.31 bits per heavy atom. The topological polar surface area (TPSA) is 32.8 Å². The molecule has 1 aliphatic heterocycles. The molecule has 1 rings (SSSR count). The smallest absolute Gasteiger partial charge is 0.409 e. The molecule has 0 fully saturated rings. The number of hydrogen-bond donors (Lipinski definition) is 0. The van der Waals surface area contributed by atoms with Gasteiger partial charge in [-0.2, -0.15) is 0 Å². The third-order valence-corrected chi connectivity index (χ3v) is 1.59. The molecular formula is C9H14N2O2. The van der Waals surface area contributed by atoms with Gasteiger partial charge in [0.25, 0.3) is 0 Å². The van der Waals surface area contributed by atoms with Gasteiger partial charge < -0.3 is 14.5 Å². The molecule has 0 saturated heterocycles. The van der Waals surface area contributed by atoms with Crippen LogP contribution in [0.3, 0.4) is 0 Å². The summed E-state index contributed by atoms with van der Waals surface area (Å²) < 4.78 is 5.04. The molecule has 0 bridgehead atoms. The number of nitrogens with zero attached hydrogens (tertiary/aromatic N) is 2. The molecule has 1 aliphatic rings. The normalized spacial score (nSPS) is 15.3. The quantitative estimate of drug-likeness (QED) is 0.607. The number of carbonyl (C=O) groups is 1. The summed E-state index contributed by atoms with van der Waals surface area (Å²) >= 11 is 0. The van der Waals surface area contributed by atoms with Crippen LogP contribution in [0.15, 0.2) is 24.1 Å². The number of hydrogen-bond acceptors (Lipinski definition) is 3. The van der Waals surface area contributed by atoms with Crippen LogP contribution in [0.25, 0.3) is 0 Å². The van der Waals surface area contributed by atoms with Gasteiger partial charge >= 0.3 is 6.09 Å². The second kappa shape index (κ2) is 3.98. The van der Waals surface area contributed by atoms with Crippen molar-refractivity contribution in [2.24, 2.45) is 0 Å². The fourth-order valence-corrected chi connectivity index (χ4v) is 0.901. The molecule has 0 radical (unpaired) electrons. The summed E-state index contributed by atoms with van der Waals surface area (Å²) in [5, 5.41) is 0. The van der Waals surface area contributed by atoms with E-state index in [4.69, 9.17) is 4.74 Å². The van der Waals surface area contributed by atoms with Crippen molar-refractivity contribution in [2.45, 2.75) is 0 Å². The van der Waals surface area contributed by atoms with Crippen LogP contribution >= 0.6 is 0 Å². The first-order chi connectivity index (χ1) is 6.09. The Morgan fingerprint density at radius 1 is 1.62 bits per heavy atom. The van der Waals surface area contributed by atoms with Crippen molar-refractivity contribution in [1.29, 1.82) is 0 Å². The minimum atomic E-state index is -0.355. The molecule has 0 N–H and O–H groups in total. The third-order valence-electron chi connectivity index (χ3n) is 1.59. The summed E-state index contributed by atoms with van der Waals surface area (Å²) in [6.45, 7) is 0.850. The number of amides is 1. The van der Waals surface area contributed by atoms with Crippen molar-refractivity contribution < 1.29 is 9.53 Å². The van der Waals surface area contributed by atoms with E-state index in [9.17, 15) is 4.79 Å². The molecule has 0 atom stereocenters. The van der Waals surface area contributed by atoms with Gasteiger partial charge in [0.05, 0.1) is 0 Å². The van der Waals surface area contributed by atoms with Gasteiger partial charge in [0.2, 0.25) is 0 Å². The highest BCUT2D eigenvalue weighted by Gasteiger charge is 2.09. The highest BCUT2D eigenvalue weighted by atomic mass is 16.6. The molecule has 1 amide bonds. The van der Waals surface area contributed by atoms with Crippen molar-refractivity contribution in [3.63, 3.8) is 0 Å². The van der Waals surface area contributed by atoms with Crippen molar-refractivity contribution in [3.8, 4) is 0 Å². The zero-order chi connectivity index (χ0) is 9.84. The minimum Gasteiger partial charge on any atom is -0.409 e. The van der Waals surface area contributed by atoms with E-state index in [0.29, 0.717) is 5.76 Å². The van der Waals surface area contributed by atoms with E-state index >= 15 is 0 Å². The van der Waals surface area contributed by atoms with E-state index in [2.05, 4.69) is 0 Å². The number of carbonyl (C=O) groups excluding carboxylic acids is 1. The first-order valence-corrected chi connectivity index (χ1v) is 4.07. The SMILES string of the molecule is CN1C=C(OC(=O)N(C)C)C=CC1. The molecule has 0 aromatic carbocycles. The summed E-state index contributed by atoms with van der Waals surface area (Å²) in [6.07, 6.45) is 5.17. The minimum absolute atomic E-state index is 0.355. The summed E-state index contributed by atoms with van der Waals surface area (Å²) in [4.78, 5) is 14.5. The Kier molecular flexibility index (Phi) is 2.95. The van der Waals surface area contributed by atoms with Gasteiger partial charge in [-0.25, -0.2) is 4.79 Å². The van der Waals surface area contributed by atoms with Gasteiger partial charge in [0.1, 0.15) is 5.76 Å². The maximum atomic E-state index is 11.1. The Labute approximate surface area is 78.1 Å². The van der Waals surface area contributed by atoms with Gasteiger partial charge in [-0.3, -0.25) is 0 Å². The Morgan fingerprint density at radius 3 is 2.85 bits per heavy atom. The van der Waals surface area contributed by atoms with Crippen molar-refractivity contribution in [2.75, 3.05) is 27.7 Å². The van der Waals surface area contributed by atoms with Crippen molar-refractivity contribution >= 4 is 6.09 Å². The van der Waals surface area contributed by atoms with Crippen molar-refractivity contribution in [1.82, 2.24) is 9.80 Å². The van der Waals surface area contributed by atoms with Crippen LogP contribution in [0.5, 0.6) is 0 Å². The molecule has 0 aromatic heterocycles. The van der Waals surface area contributed by atoms with E-state index in [-0.39, 0.29) is 6.09 Å². The van der Waals surface area contributed by atoms with Gasteiger partial charge in [-0.15, -0.1) is 0 Å². The maximum absolute atomic E-state index is 11.1. The monoisotopic (exact) mass is 182 g/mol. The molecule has 72 valence electrons. The lowest BCUT2D eigenvalue weighted by molar-refractivity contribution is 0.147. The number of ether oxygens (including phenoxy) is 1. The van der Waals surface area contributed by atoms with Gasteiger partial charge in [0, 0.05) is 33.9 Å². The average Bonchev–Trinajstić information content (AvgIpc) is 2.04. The molecule has 13 heavy (non-hydrogen) atoms. The maximum Gasteiger partial charge on any atom is 0.414 e. The summed E-state index contributed by atoms with van der Waals surface area (Å²) in [5.74, 6) is 0.576. The molecule has 0 aromatic rings. The van der Waals surface area contributed by atoms with Crippen LogP contribution in [0.2, 0.25) is 0 Å². The molecule has 0 unspecified atom stereocenters. The number of rotatable bonds is 1. The third kappa shape index (κ3) is 2.82. The summed E-state index contributed by atoms with van der Waals surface area (Å²) in [7, 11) is 5.23. The van der Waals surface area contributed by atoms with Gasteiger partial charge in [0.15, 0.2) is 0 Å². The van der Waals surface area contributed by atoms with Gasteiger partial charge in [-0.1, -0.05) is 6.08 Å². The van der Waals surface area contributed by atoms with Crippen LogP contribution in [0.1, 0.15) is 0 Å². The van der Waals surface area contributed by atoms with E-state index in [1.165, 1.54) is 4.90 Å². The predicted octanol–water partition coefficient (Wildman–Crippen LogP) is 1.03. The Balaban J connectivity index is 2.54. The molecule has 0 aliphatic carbocycles. The van der Waals surface area contributed by atoms with E-state index in [1.54, 1.807) is 26.4 Å². The van der Waals surface area contributed by atoms with Crippen LogP contribution < -0.4 is 0 Å². The van der Waals surface area contributed by atoms with E-state index < -0.39 is 0 Å². The molecule has 0 saturated carbocycles. The van der Waals surface area contributed by atoms with Crippen LogP contribution in [-0.2, 0) is 4.74 Å². The standard InChI is InChI=1S/C9H14N2O2/c1-10(2)9(12)13-8-5-4-6-11(3)7-8/h4-5,7H,6H2,1-3H3.